The summed E-state index contributed by atoms with van der Waals surface area (Å²) in [6.45, 7) is 0. The third-order valence-corrected chi connectivity index (χ3v) is 0.521. The largest absolute Gasteiger partial charge is 0.274 e. The first kappa shape index (κ1) is 4.83. The molecule has 4 heteroatoms. The molecule has 0 radical (unpaired) electrons. The first-order valence-corrected chi connectivity index (χ1v) is 2.04. The van der Waals surface area contributed by atoms with Crippen molar-refractivity contribution in [3.63, 3.8) is 0 Å². The molecule has 0 N–H and O–H groups in total. The van der Waals surface area contributed by atoms with Gasteiger partial charge in [-0.25, -0.2) is 0 Å². The summed E-state index contributed by atoms with van der Waals surface area (Å²) >= 11 is 0. The Morgan fingerprint density at radius 1 is 1.25 bits per heavy atom. The molecule has 1 rings (SSSR count). The molecule has 0 spiro atoms. The fourth-order valence-electron chi connectivity index (χ4n) is 0.256. The fourth-order valence-corrected chi connectivity index (χ4v) is 0.256. The molecule has 0 saturated carbocycles. The van der Waals surface area contributed by atoms with Gasteiger partial charge < -0.3 is 0 Å². The molecule has 0 aliphatic heterocycles. The van der Waals surface area contributed by atoms with Gasteiger partial charge >= 0.3 is 0 Å². The summed E-state index contributed by atoms with van der Waals surface area (Å²) in [5.74, 6) is 0. The van der Waals surface area contributed by atoms with Gasteiger partial charge in [0.1, 0.15) is 6.26 Å². The Kier molecular flexibility index (Phi) is 1.68. The van der Waals surface area contributed by atoms with Crippen molar-refractivity contribution in [2.75, 3.05) is 0 Å². The van der Waals surface area contributed by atoms with Crippen molar-refractivity contribution in [1.29, 1.82) is 0 Å². The zero-order valence-corrected chi connectivity index (χ0v) is 4.02. The van der Waals surface area contributed by atoms with E-state index in [9.17, 15) is 0 Å². The van der Waals surface area contributed by atoms with Gasteiger partial charge in [-0.2, -0.15) is 0 Å². The lowest BCUT2D eigenvalue weighted by Crippen LogP contribution is -1.67. The smallest absolute Gasteiger partial charge is 0.145 e. The number of hydrogen-bond acceptors (Lipinski definition) is 4. The molecule has 8 heavy (non-hydrogen) atoms. The monoisotopic (exact) mass is 112 g/mol. The first-order valence-electron chi connectivity index (χ1n) is 2.04. The molecule has 0 fully saturated rings. The molecule has 0 amide bonds. The van der Waals surface area contributed by atoms with Crippen molar-refractivity contribution in [1.82, 2.24) is 10.4 Å². The Hall–Kier alpha value is -1.32. The summed E-state index contributed by atoms with van der Waals surface area (Å²) in [5, 5.41) is 6.47. The molecule has 42 valence electrons. The van der Waals surface area contributed by atoms with Gasteiger partial charge in [0.15, 0.2) is 0 Å². The van der Waals surface area contributed by atoms with Gasteiger partial charge in [-0.1, -0.05) is 0 Å². The number of aromatic nitrogens is 2. The highest BCUT2D eigenvalue weighted by Gasteiger charge is 1.61. The molecule has 0 aliphatic carbocycles. The van der Waals surface area contributed by atoms with E-state index in [2.05, 4.69) is 19.6 Å². The van der Waals surface area contributed by atoms with Crippen LogP contribution in [0, 0.1) is 0 Å². The highest BCUT2D eigenvalue weighted by Crippen LogP contribution is 1.72. The number of hydrogen-bond donors (Lipinski definition) is 0. The van der Waals surface area contributed by atoms with Gasteiger partial charge in [0, 0.05) is 0 Å². The van der Waals surface area contributed by atoms with Gasteiger partial charge in [-0.3, -0.25) is 4.58 Å². The lowest BCUT2D eigenvalue weighted by Gasteiger charge is -1.68. The maximum absolute atomic E-state index is 4.28. The topological polar surface area (TPSA) is 52.1 Å². The zero-order valence-electron chi connectivity index (χ0n) is 4.02. The normalized spacial score (nSPS) is 8.00. The summed E-state index contributed by atoms with van der Waals surface area (Å²) in [5.41, 5.74) is 0. The minimum Gasteiger partial charge on any atom is -0.274 e. The van der Waals surface area contributed by atoms with E-state index >= 15 is 0 Å². The van der Waals surface area contributed by atoms with Crippen LogP contribution in [-0.4, -0.2) is 10.4 Å². The van der Waals surface area contributed by atoms with Crippen LogP contribution in [-0.2, 0) is 0 Å². The van der Waals surface area contributed by atoms with Crippen LogP contribution in [0.5, 0.6) is 0 Å². The lowest BCUT2D eigenvalue weighted by atomic mass is 10.6. The van der Waals surface area contributed by atoms with E-state index in [1.54, 1.807) is 12.1 Å². The van der Waals surface area contributed by atoms with Crippen LogP contribution < -0.4 is 0 Å². The second-order valence-electron chi connectivity index (χ2n) is 1.04. The Morgan fingerprint density at radius 3 is 3.25 bits per heavy atom. The van der Waals surface area contributed by atoms with Crippen molar-refractivity contribution < 1.29 is 9.26 Å². The molecule has 1 heterocycles. The average molecular weight is 112 g/mol. The van der Waals surface area contributed by atoms with E-state index in [1.165, 1.54) is 12.5 Å². The molecule has 1 aromatic heterocycles. The maximum Gasteiger partial charge on any atom is 0.145 e. The Labute approximate surface area is 45.3 Å². The summed E-state index contributed by atoms with van der Waals surface area (Å²) in [6, 6.07) is 3.31. The molecule has 0 bridgehead atoms. The Morgan fingerprint density at radius 2 is 2.25 bits per heavy atom. The molecule has 0 atom stereocenters. The van der Waals surface area contributed by atoms with E-state index in [0.717, 1.165) is 0 Å². The summed E-state index contributed by atoms with van der Waals surface area (Å²) in [7, 11) is 0. The predicted octanol–water partition coefficient (Wildman–Crippen LogP) is 0.787. The second-order valence-corrected chi connectivity index (χ2v) is 1.04. The quantitative estimate of drug-likeness (QED) is 0.465. The minimum absolute atomic E-state index is 1.36. The van der Waals surface area contributed by atoms with E-state index in [1.807, 2.05) is 0 Å². The first-order chi connectivity index (χ1) is 4.00. The van der Waals surface area contributed by atoms with E-state index in [4.69, 9.17) is 0 Å². The molecule has 1 aromatic rings. The highest BCUT2D eigenvalue weighted by molar-refractivity contribution is 4.75. The Bertz CT molecular complexity index is 117. The summed E-state index contributed by atoms with van der Waals surface area (Å²) in [4.78, 5) is 0. The minimum atomic E-state index is 1.36. The van der Waals surface area contributed by atoms with E-state index < -0.39 is 0 Å². The molecule has 0 aliphatic rings. The third kappa shape index (κ3) is 1.42. The summed E-state index contributed by atoms with van der Waals surface area (Å²) in [6.07, 6.45) is 2.84. The molecule has 4 nitrogen and oxygen atoms in total. The van der Waals surface area contributed by atoms with Crippen LogP contribution in [0.3, 0.4) is 0 Å². The fraction of sp³-hybridized carbons (Fsp3) is 0. The average Bonchev–Trinajstić information content (AvgIpc) is 1.62. The Balaban J connectivity index is 3.00. The van der Waals surface area contributed by atoms with Crippen LogP contribution in [0.25, 0.3) is 0 Å². The van der Waals surface area contributed by atoms with Gasteiger partial charge in [-0.05, 0) is 12.1 Å². The van der Waals surface area contributed by atoms with Gasteiger partial charge in [0.2, 0.25) is 0 Å². The molecule has 0 saturated heterocycles. The van der Waals surface area contributed by atoms with Crippen LogP contribution in [0.1, 0.15) is 0 Å². The lowest BCUT2D eigenvalue weighted by molar-refractivity contribution is -0.0212. The number of nitrogens with zero attached hydrogens (tertiary/aromatic N) is 2. The van der Waals surface area contributed by atoms with Gasteiger partial charge in [0.05, 0.1) is 11.5 Å². The molecule has 0 aromatic carbocycles. The van der Waals surface area contributed by atoms with Crippen molar-refractivity contribution in [3.05, 3.63) is 24.6 Å². The summed E-state index contributed by atoms with van der Waals surface area (Å²) < 4.78 is 8.38. The third-order valence-electron chi connectivity index (χ3n) is 0.521. The van der Waals surface area contributed by atoms with Crippen LogP contribution in [0.2, 0.25) is 0 Å². The van der Waals surface area contributed by atoms with Gasteiger partial charge in [0.25, 0.3) is 0 Å². The molecular weight excluding hydrogens is 108 g/mol. The predicted molar refractivity (Wildman–Crippen MR) is 24.2 cm³/mol. The molecular formula is C4H4N2O2. The maximum atomic E-state index is 4.28. The van der Waals surface area contributed by atoms with E-state index in [0.29, 0.717) is 0 Å². The van der Waals surface area contributed by atoms with Crippen LogP contribution >= 0.6 is 0 Å². The van der Waals surface area contributed by atoms with Crippen molar-refractivity contribution in [2.45, 2.75) is 0 Å². The van der Waals surface area contributed by atoms with Crippen molar-refractivity contribution in [2.24, 2.45) is 0 Å². The van der Waals surface area contributed by atoms with Crippen LogP contribution in [0.4, 0.5) is 0 Å². The van der Waals surface area contributed by atoms with Gasteiger partial charge in [-0.15, -0.1) is 9.78 Å². The second kappa shape index (κ2) is 2.79. The zero-order chi connectivity index (χ0) is 5.66. The highest BCUT2D eigenvalue weighted by atomic mass is 17.0. The van der Waals surface area contributed by atoms with Crippen LogP contribution in [0.15, 0.2) is 33.9 Å². The number of rotatable bonds is 0. The standard InChI is InChI=1S/C4H4N2O2/c1-2-4-7-8-6-5-3-1/h1-4H. The van der Waals surface area contributed by atoms with E-state index in [-0.39, 0.29) is 0 Å². The van der Waals surface area contributed by atoms with Crippen molar-refractivity contribution >= 4 is 0 Å². The SMILES string of the molecule is c1ccoonnc1. The molecule has 0 unspecified atom stereocenters. The van der Waals surface area contributed by atoms with Crippen molar-refractivity contribution in [3.8, 4) is 0 Å².